The number of imide groups is 2. The number of carbonyl (C=O) groups is 4. The summed E-state index contributed by atoms with van der Waals surface area (Å²) in [5.74, 6) is -3.03. The fourth-order valence-corrected chi connectivity index (χ4v) is 6.32. The van der Waals surface area contributed by atoms with Gasteiger partial charge in [-0.05, 0) is 66.3 Å². The van der Waals surface area contributed by atoms with Crippen molar-refractivity contribution >= 4 is 35.0 Å². The molecule has 2 fully saturated rings. The Hall–Kier alpha value is -4.00. The van der Waals surface area contributed by atoms with E-state index in [4.69, 9.17) is 0 Å². The highest BCUT2D eigenvalue weighted by Crippen LogP contribution is 2.52. The van der Waals surface area contributed by atoms with E-state index in [1.54, 1.807) is 6.20 Å². The molecule has 7 nitrogen and oxygen atoms in total. The summed E-state index contributed by atoms with van der Waals surface area (Å²) in [6.07, 6.45) is 3.93. The van der Waals surface area contributed by atoms with Crippen LogP contribution in [0.25, 0.3) is 0 Å². The van der Waals surface area contributed by atoms with Crippen molar-refractivity contribution in [2.24, 2.45) is 11.8 Å². The van der Waals surface area contributed by atoms with Gasteiger partial charge in [0.05, 0.1) is 29.1 Å². The summed E-state index contributed by atoms with van der Waals surface area (Å²) >= 11 is 0. The molecule has 3 aliphatic rings. The summed E-state index contributed by atoms with van der Waals surface area (Å²) in [5.41, 5.74) is 4.96. The number of anilines is 2. The molecule has 1 unspecified atom stereocenters. The van der Waals surface area contributed by atoms with E-state index in [1.165, 1.54) is 9.80 Å². The monoisotopic (exact) mass is 495 g/mol. The lowest BCUT2D eigenvalue weighted by atomic mass is 9.69. The number of H-pyrrole nitrogens is 1. The Balaban J connectivity index is 1.32. The highest BCUT2D eigenvalue weighted by atomic mass is 16.2. The van der Waals surface area contributed by atoms with E-state index in [0.717, 1.165) is 35.2 Å². The minimum atomic E-state index is -0.586. The summed E-state index contributed by atoms with van der Waals surface area (Å²) in [4.78, 5) is 59.7. The van der Waals surface area contributed by atoms with Crippen molar-refractivity contribution in [3.8, 4) is 0 Å². The van der Waals surface area contributed by atoms with E-state index >= 15 is 0 Å². The van der Waals surface area contributed by atoms with E-state index in [2.05, 4.69) is 18.8 Å². The molecule has 4 amide bonds. The average molecular weight is 496 g/mol. The molecule has 1 aliphatic carbocycles. The zero-order valence-electron chi connectivity index (χ0n) is 20.9. The molecular weight excluding hydrogens is 466 g/mol. The highest BCUT2D eigenvalue weighted by Gasteiger charge is 2.56. The number of hydrogen-bond acceptors (Lipinski definition) is 4. The van der Waals surface area contributed by atoms with Gasteiger partial charge in [0, 0.05) is 24.2 Å². The van der Waals surface area contributed by atoms with E-state index in [0.29, 0.717) is 17.8 Å². The van der Waals surface area contributed by atoms with Gasteiger partial charge in [-0.25, -0.2) is 4.90 Å². The van der Waals surface area contributed by atoms with Crippen LogP contribution >= 0.6 is 0 Å². The predicted octanol–water partition coefficient (Wildman–Crippen LogP) is 4.48. The Morgan fingerprint density at radius 1 is 0.703 bits per heavy atom. The van der Waals surface area contributed by atoms with Crippen LogP contribution in [0.15, 0.2) is 60.8 Å². The molecule has 0 saturated carbocycles. The summed E-state index contributed by atoms with van der Waals surface area (Å²) in [5, 5.41) is 0. The van der Waals surface area contributed by atoms with Gasteiger partial charge < -0.3 is 4.98 Å². The molecule has 0 spiro atoms. The van der Waals surface area contributed by atoms with Crippen LogP contribution in [0.5, 0.6) is 0 Å². The Morgan fingerprint density at radius 3 is 1.86 bits per heavy atom. The molecule has 2 aliphatic heterocycles. The molecule has 0 bridgehead atoms. The van der Waals surface area contributed by atoms with Crippen LogP contribution in [0.4, 0.5) is 11.4 Å². The maximum atomic E-state index is 13.6. The van der Waals surface area contributed by atoms with E-state index in [1.807, 2.05) is 54.6 Å². The van der Waals surface area contributed by atoms with Gasteiger partial charge >= 0.3 is 0 Å². The Bertz CT molecular complexity index is 1410. The predicted molar refractivity (Wildman–Crippen MR) is 139 cm³/mol. The number of nitrogens with zero attached hydrogens (tertiary/aromatic N) is 2. The van der Waals surface area contributed by atoms with Crippen LogP contribution in [0.2, 0.25) is 0 Å². The van der Waals surface area contributed by atoms with Gasteiger partial charge in [-0.2, -0.15) is 0 Å². The molecule has 2 aromatic carbocycles. The smallest absolute Gasteiger partial charge is 0.242 e. The minimum absolute atomic E-state index is 0.0825. The van der Waals surface area contributed by atoms with Crippen LogP contribution in [0.1, 0.15) is 60.9 Å². The normalized spacial score (nSPS) is 25.1. The van der Waals surface area contributed by atoms with Gasteiger partial charge in [0.1, 0.15) is 0 Å². The molecule has 1 N–H and O–H groups in total. The molecule has 6 rings (SSSR count). The van der Waals surface area contributed by atoms with Crippen molar-refractivity contribution < 1.29 is 19.2 Å². The third-order valence-electron chi connectivity index (χ3n) is 8.33. The molecule has 3 aromatic rings. The number of aromatic amines is 1. The third kappa shape index (κ3) is 3.56. The average Bonchev–Trinajstić information content (AvgIpc) is 3.58. The molecule has 3 heterocycles. The molecule has 2 saturated heterocycles. The zero-order valence-corrected chi connectivity index (χ0v) is 20.9. The number of aromatic nitrogens is 1. The molecule has 188 valence electrons. The quantitative estimate of drug-likeness (QED) is 0.529. The van der Waals surface area contributed by atoms with Gasteiger partial charge in [0.2, 0.25) is 23.6 Å². The maximum absolute atomic E-state index is 13.6. The van der Waals surface area contributed by atoms with E-state index in [-0.39, 0.29) is 36.0 Å². The maximum Gasteiger partial charge on any atom is 0.242 e. The second kappa shape index (κ2) is 8.83. The Morgan fingerprint density at radius 2 is 1.27 bits per heavy atom. The van der Waals surface area contributed by atoms with E-state index in [9.17, 15) is 19.2 Å². The molecule has 0 radical (unpaired) electrons. The Kier molecular flexibility index (Phi) is 5.59. The van der Waals surface area contributed by atoms with Crippen LogP contribution in [0, 0.1) is 11.8 Å². The van der Waals surface area contributed by atoms with E-state index < -0.39 is 17.8 Å². The van der Waals surface area contributed by atoms with Crippen molar-refractivity contribution in [2.75, 3.05) is 9.80 Å². The zero-order chi connectivity index (χ0) is 25.8. The second-order valence-corrected chi connectivity index (χ2v) is 10.2. The summed E-state index contributed by atoms with van der Waals surface area (Å²) in [7, 11) is 0. The van der Waals surface area contributed by atoms with Gasteiger partial charge in [-0.1, -0.05) is 38.1 Å². The Labute approximate surface area is 215 Å². The van der Waals surface area contributed by atoms with Crippen LogP contribution in [-0.4, -0.2) is 28.6 Å². The first-order chi connectivity index (χ1) is 17.9. The first-order valence-corrected chi connectivity index (χ1v) is 13.0. The molecule has 37 heavy (non-hydrogen) atoms. The van der Waals surface area contributed by atoms with Crippen molar-refractivity contribution in [1.29, 1.82) is 0 Å². The summed E-state index contributed by atoms with van der Waals surface area (Å²) < 4.78 is 0. The third-order valence-corrected chi connectivity index (χ3v) is 8.33. The number of amides is 4. The van der Waals surface area contributed by atoms with Gasteiger partial charge in [0.25, 0.3) is 0 Å². The molecular formula is C30H29N3O4. The first-order valence-electron chi connectivity index (χ1n) is 13.0. The standard InChI is InChI=1S/C30H29N3O4/c1-3-17-5-9-19(10-6-17)32-25(34)16-23(28(32)35)22-15-24-26(21-13-14-31-27(21)22)30(37)33(29(24)36)20-11-7-18(4-2)8-12-20/h5-14,22-24,26,31H,3-4,15-16H2,1-2H3/t22-,23?,24-,26+/m0/s1. The van der Waals surface area contributed by atoms with Gasteiger partial charge in [-0.15, -0.1) is 0 Å². The van der Waals surface area contributed by atoms with Gasteiger partial charge in [-0.3, -0.25) is 24.1 Å². The molecule has 1 aromatic heterocycles. The number of carbonyl (C=O) groups excluding carboxylic acids is 4. The molecule has 4 atom stereocenters. The number of nitrogens with one attached hydrogen (secondary N) is 1. The number of hydrogen-bond donors (Lipinski definition) is 1. The van der Waals surface area contributed by atoms with Crippen molar-refractivity contribution in [3.05, 3.63) is 83.2 Å². The second-order valence-electron chi connectivity index (χ2n) is 10.2. The van der Waals surface area contributed by atoms with Crippen LogP contribution in [0.3, 0.4) is 0 Å². The lowest BCUT2D eigenvalue weighted by Crippen LogP contribution is -2.35. The number of fused-ring (bicyclic) bond motifs is 3. The lowest BCUT2D eigenvalue weighted by molar-refractivity contribution is -0.125. The van der Waals surface area contributed by atoms with Crippen molar-refractivity contribution in [2.45, 2.75) is 51.4 Å². The number of rotatable bonds is 5. The largest absolute Gasteiger partial charge is 0.364 e. The summed E-state index contributed by atoms with van der Waals surface area (Å²) in [6, 6.07) is 16.9. The first kappa shape index (κ1) is 23.4. The number of benzene rings is 2. The summed E-state index contributed by atoms with van der Waals surface area (Å²) in [6.45, 7) is 4.11. The fraction of sp³-hybridized carbons (Fsp3) is 0.333. The van der Waals surface area contributed by atoms with Crippen LogP contribution in [-0.2, 0) is 32.0 Å². The van der Waals surface area contributed by atoms with Crippen LogP contribution < -0.4 is 9.80 Å². The lowest BCUT2D eigenvalue weighted by Gasteiger charge is -2.32. The SMILES string of the molecule is CCc1ccc(N2C(=O)CC([C@@H]3C[C@@H]4C(=O)N(c5ccc(CC)cc5)C(=O)[C@@H]4c4cc[nH]c43)C2=O)cc1. The molecule has 7 heteroatoms. The van der Waals surface area contributed by atoms with Gasteiger partial charge in [0.15, 0.2) is 0 Å². The fourth-order valence-electron chi connectivity index (χ4n) is 6.32. The highest BCUT2D eigenvalue weighted by molar-refractivity contribution is 6.24. The topological polar surface area (TPSA) is 90.6 Å². The van der Waals surface area contributed by atoms with Crippen molar-refractivity contribution in [3.63, 3.8) is 0 Å². The number of aryl methyl sites for hydroxylation is 2. The minimum Gasteiger partial charge on any atom is -0.364 e. The van der Waals surface area contributed by atoms with Crippen molar-refractivity contribution in [1.82, 2.24) is 4.98 Å².